The molecule has 0 bridgehead atoms. The second-order valence-corrected chi connectivity index (χ2v) is 14.0. The minimum absolute atomic E-state index is 0.978. The van der Waals surface area contributed by atoms with Crippen molar-refractivity contribution in [3.63, 3.8) is 0 Å². The molecular formula is C8H6I4P4S2. The van der Waals surface area contributed by atoms with E-state index < -0.39 is 24.7 Å². The molecule has 4 unspecified atom stereocenters. The fraction of sp³-hybridized carbons (Fsp3) is 0. The van der Waals surface area contributed by atoms with Crippen molar-refractivity contribution < 1.29 is 0 Å². The average molecular weight is 802 g/mol. The van der Waals surface area contributed by atoms with Crippen LogP contribution in [0, 0.1) is 0 Å². The molecule has 2 heterocycles. The van der Waals surface area contributed by atoms with E-state index in [2.05, 4.69) is 100 Å². The summed E-state index contributed by atoms with van der Waals surface area (Å²) < 4.78 is 34.2. The van der Waals surface area contributed by atoms with Crippen LogP contribution >= 0.6 is 136 Å². The number of halogens is 4. The topological polar surface area (TPSA) is 0 Å². The summed E-state index contributed by atoms with van der Waals surface area (Å²) in [6, 6.07) is 4.12. The first-order valence-electron chi connectivity index (χ1n) is 6.08. The number of thiophene rings is 2. The van der Waals surface area contributed by atoms with Crippen LogP contribution in [0.4, 0.5) is 0 Å². The van der Waals surface area contributed by atoms with Gasteiger partial charge in [-0.15, -0.1) is 22.7 Å². The van der Waals surface area contributed by atoms with Crippen molar-refractivity contribution in [1.82, 2.24) is 0 Å². The van der Waals surface area contributed by atoms with Gasteiger partial charge in [-0.2, -0.15) is 0 Å². The highest BCUT2D eigenvalue weighted by Gasteiger charge is 2.13. The van der Waals surface area contributed by atoms with Crippen molar-refractivity contribution in [1.29, 1.82) is 5.11 Å². The molecule has 0 saturated carbocycles. The molecule has 0 aliphatic heterocycles. The maximum absolute atomic E-state index is 8.05. The lowest BCUT2D eigenvalue weighted by atomic mass is 10.4. The van der Waals surface area contributed by atoms with Crippen molar-refractivity contribution in [2.75, 3.05) is 0 Å². The fourth-order valence-corrected chi connectivity index (χ4v) is 14.8. The highest BCUT2D eigenvalue weighted by molar-refractivity contribution is 14.2. The lowest BCUT2D eigenvalue weighted by Crippen LogP contribution is -2.03. The molecule has 4 atom stereocenters. The van der Waals surface area contributed by atoms with Crippen LogP contribution in [0.3, 0.4) is 0 Å². The van der Waals surface area contributed by atoms with Crippen LogP contribution in [-0.2, 0) is 0 Å². The van der Waals surface area contributed by atoms with Gasteiger partial charge in [-0.1, -0.05) is 88.2 Å². The molecule has 0 nitrogen and oxygen atoms in total. The average Bonchev–Trinajstić information content (AvgIpc) is 3.02. The summed E-state index contributed by atoms with van der Waals surface area (Å²) in [5.41, 5.74) is 0. The Morgan fingerprint density at radius 2 is 1.17 bits per heavy atom. The fourth-order valence-electron chi connectivity index (χ4n) is 1.23. The summed E-state index contributed by atoms with van der Waals surface area (Å²) in [5.74, 6) is 0. The summed E-state index contributed by atoms with van der Waals surface area (Å²) in [6.45, 7) is 0. The van der Waals surface area contributed by atoms with Crippen LogP contribution in [0.1, 0.15) is 0 Å². The predicted octanol–water partition coefficient (Wildman–Crippen LogP) is 6.09. The van der Waals surface area contributed by atoms with Crippen LogP contribution in [0.15, 0.2) is 12.1 Å². The van der Waals surface area contributed by atoms with Crippen molar-refractivity contribution in [3.05, 3.63) is 12.1 Å². The molecule has 0 spiro atoms. The summed E-state index contributed by atoms with van der Waals surface area (Å²) in [5, 5.41) is 2.01. The molecule has 18 heavy (non-hydrogen) atoms. The highest BCUT2D eigenvalue weighted by Crippen LogP contribution is 2.39. The van der Waals surface area contributed by atoms with Crippen molar-refractivity contribution >= 4 is 155 Å². The van der Waals surface area contributed by atoms with Crippen molar-refractivity contribution in [2.24, 2.45) is 0 Å². The Kier molecular flexibility index (Phi) is 6.94. The van der Waals surface area contributed by atoms with Gasteiger partial charge in [0.1, 0.15) is 0 Å². The van der Waals surface area contributed by atoms with Crippen LogP contribution in [0.5, 0.6) is 0 Å². The third-order valence-electron chi connectivity index (χ3n) is 1.97. The van der Waals surface area contributed by atoms with Crippen LogP contribution in [0.25, 0.3) is 9.75 Å². The standard InChI is InChI=1S/C8H6I4P4S2/c9-13-3-1-5(17-7(3)15-11)6-2-4(14-10)8(16-12)18-6/h1-2,13-16H/i13D,14D,15D,16D. The highest BCUT2D eigenvalue weighted by atomic mass is 127. The largest absolute Gasteiger partial charge is 0.133 e. The normalized spacial score (nSPS) is 21.3. The molecule has 0 amide bonds. The molecule has 0 N–H and O–H groups in total. The Balaban J connectivity index is 2.53. The maximum atomic E-state index is 8.05. The zero-order chi connectivity index (χ0) is 16.6. The minimum atomic E-state index is -0.987. The molecule has 98 valence electrons. The van der Waals surface area contributed by atoms with E-state index in [4.69, 9.17) is 5.11 Å². The molecule has 0 aliphatic carbocycles. The molecule has 0 aliphatic rings. The monoisotopic (exact) mass is 802 g/mol. The molecule has 0 fully saturated rings. The van der Waals surface area contributed by atoms with Crippen LogP contribution in [0.2, 0.25) is 0 Å². The van der Waals surface area contributed by atoms with Gasteiger partial charge in [0, 0.05) is 29.6 Å². The van der Waals surface area contributed by atoms with Crippen molar-refractivity contribution in [2.45, 2.75) is 0 Å². The van der Waals surface area contributed by atoms with E-state index in [1.54, 1.807) is 22.7 Å². The molecule has 2 aromatic heterocycles. The molecule has 0 radical (unpaired) electrons. The third kappa shape index (κ3) is 4.53. The summed E-state index contributed by atoms with van der Waals surface area (Å²) in [6.07, 6.45) is -3.93. The maximum Gasteiger partial charge on any atom is 0.0748 e. The summed E-state index contributed by atoms with van der Waals surface area (Å²) >= 11 is 11.8. The van der Waals surface area contributed by atoms with Crippen LogP contribution < -0.4 is 19.8 Å². The second-order valence-electron chi connectivity index (χ2n) is 2.94. The van der Waals surface area contributed by atoms with E-state index in [0.29, 0.717) is 0 Å². The van der Waals surface area contributed by atoms with Gasteiger partial charge < -0.3 is 0 Å². The number of hydrogen-bond acceptors (Lipinski definition) is 2. The smallest absolute Gasteiger partial charge is 0.0748 e. The predicted molar refractivity (Wildman–Crippen MR) is 136 cm³/mol. The van der Waals surface area contributed by atoms with Gasteiger partial charge in [0.15, 0.2) is 0 Å². The van der Waals surface area contributed by atoms with Gasteiger partial charge >= 0.3 is 0 Å². The van der Waals surface area contributed by atoms with Crippen LogP contribution in [-0.4, -0.2) is 5.11 Å². The number of rotatable bonds is 5. The van der Waals surface area contributed by atoms with Gasteiger partial charge in [-0.05, 0) is 36.8 Å². The minimum Gasteiger partial charge on any atom is -0.133 e. The lowest BCUT2D eigenvalue weighted by molar-refractivity contribution is 2.03. The molecule has 10 heteroatoms. The Hall–Kier alpha value is 4.04. The Labute approximate surface area is 179 Å². The van der Waals surface area contributed by atoms with Gasteiger partial charge in [-0.3, -0.25) is 0 Å². The van der Waals surface area contributed by atoms with E-state index in [-0.39, 0.29) is 0 Å². The first-order valence-corrected chi connectivity index (χ1v) is 20.6. The third-order valence-corrected chi connectivity index (χ3v) is 15.6. The zero-order valence-electron chi connectivity index (χ0n) is 12.3. The van der Waals surface area contributed by atoms with E-state index in [0.717, 1.165) is 29.6 Å². The zero-order valence-corrected chi connectivity index (χ0v) is 22.1. The first-order chi connectivity index (χ1) is 10.2. The summed E-state index contributed by atoms with van der Waals surface area (Å²) in [4.78, 5) is 2.19. The van der Waals surface area contributed by atoms with E-state index >= 15 is 0 Å². The molecule has 2 aromatic rings. The van der Waals surface area contributed by atoms with Gasteiger partial charge in [-0.25, -0.2) is 0 Å². The van der Waals surface area contributed by atoms with E-state index in [9.17, 15) is 0 Å². The second kappa shape index (κ2) is 9.36. The first kappa shape index (κ1) is 13.3. The summed E-state index contributed by atoms with van der Waals surface area (Å²) in [7, 11) is 0. The van der Waals surface area contributed by atoms with E-state index in [1.165, 1.54) is 0 Å². The van der Waals surface area contributed by atoms with Gasteiger partial charge in [0.25, 0.3) is 0 Å². The van der Waals surface area contributed by atoms with Crippen molar-refractivity contribution in [3.8, 4) is 9.75 Å². The van der Waals surface area contributed by atoms with Gasteiger partial charge in [0.05, 0.1) is 5.11 Å². The van der Waals surface area contributed by atoms with Gasteiger partial charge in [0.2, 0.25) is 0 Å². The van der Waals surface area contributed by atoms with E-state index in [1.807, 2.05) is 0 Å². The quantitative estimate of drug-likeness (QED) is 0.254. The lowest BCUT2D eigenvalue weighted by Gasteiger charge is -1.90. The molecule has 0 aromatic carbocycles. The molecule has 2 rings (SSSR count). The molecule has 0 saturated heterocycles. The SMILES string of the molecule is [2H]P(I)c1cc(-c2cc(P([2H])I)c(P([2H])I)s2)sc1P([2H])I. The molecular weight excluding hydrogens is 792 g/mol. The number of hydrogen-bond donors (Lipinski definition) is 0. The Bertz CT molecular complexity index is 555. The Morgan fingerprint density at radius 3 is 1.39 bits per heavy atom. The Morgan fingerprint density at radius 1 is 0.778 bits per heavy atom.